The Kier molecular flexibility index (Phi) is 4.72. The molecular weight excluding hydrogens is 400 g/mol. The largest absolute Gasteiger partial charge is 0.268 e. The molecule has 0 saturated heterocycles. The molecule has 7 nitrogen and oxygen atoms in total. The van der Waals surface area contributed by atoms with Crippen molar-refractivity contribution in [3.05, 3.63) is 58.6 Å². The fraction of sp³-hybridized carbons (Fsp3) is 0.188. The number of anilines is 1. The summed E-state index contributed by atoms with van der Waals surface area (Å²) in [5.41, 5.74) is 1.35. The molecule has 0 radical (unpaired) electrons. The van der Waals surface area contributed by atoms with E-state index in [1.165, 1.54) is 16.4 Å². The van der Waals surface area contributed by atoms with Crippen molar-refractivity contribution in [3.63, 3.8) is 0 Å². The number of carbonyl (C=O) groups is 1. The number of halogens is 1. The number of carbonyl (C=O) groups excluding carboxylic acids is 1. The SMILES string of the molecule is CS(=O)(=O)NC(=O)c1ccc(Cl)c(S(=O)(=O)N2CCc3ccccc32)c1. The average Bonchev–Trinajstić information content (AvgIpc) is 2.98. The Bertz CT molecular complexity index is 1100. The van der Waals surface area contributed by atoms with Crippen molar-refractivity contribution in [2.45, 2.75) is 11.3 Å². The number of rotatable bonds is 4. The van der Waals surface area contributed by atoms with Crippen molar-refractivity contribution in [3.8, 4) is 0 Å². The summed E-state index contributed by atoms with van der Waals surface area (Å²) in [6.07, 6.45) is 1.40. The second kappa shape index (κ2) is 6.57. The molecule has 0 aliphatic carbocycles. The maximum Gasteiger partial charge on any atom is 0.265 e. The standard InChI is InChI=1S/C16H15ClN2O5S2/c1-25(21,22)18-16(20)12-6-7-13(17)15(10-12)26(23,24)19-9-8-11-4-2-3-5-14(11)19/h2-7,10H,8-9H2,1H3,(H,18,20). The Morgan fingerprint density at radius 1 is 1.12 bits per heavy atom. The molecule has 0 spiro atoms. The molecular formula is C16H15ClN2O5S2. The van der Waals surface area contributed by atoms with Gasteiger partial charge < -0.3 is 0 Å². The van der Waals surface area contributed by atoms with Crippen LogP contribution in [0.15, 0.2) is 47.4 Å². The topological polar surface area (TPSA) is 101 Å². The molecule has 0 bridgehead atoms. The van der Waals surface area contributed by atoms with E-state index in [0.29, 0.717) is 12.1 Å². The lowest BCUT2D eigenvalue weighted by molar-refractivity contribution is 0.0981. The third-order valence-corrected chi connectivity index (χ3v) is 6.74. The van der Waals surface area contributed by atoms with E-state index in [0.717, 1.165) is 17.9 Å². The van der Waals surface area contributed by atoms with Crippen LogP contribution in [0.5, 0.6) is 0 Å². The van der Waals surface area contributed by atoms with Crippen molar-refractivity contribution < 1.29 is 21.6 Å². The fourth-order valence-electron chi connectivity index (χ4n) is 2.75. The molecule has 0 saturated carbocycles. The lowest BCUT2D eigenvalue weighted by Gasteiger charge is -2.20. The van der Waals surface area contributed by atoms with Crippen LogP contribution in [-0.2, 0) is 26.5 Å². The van der Waals surface area contributed by atoms with Gasteiger partial charge in [0.2, 0.25) is 10.0 Å². The van der Waals surface area contributed by atoms with Crippen LogP contribution in [0, 0.1) is 0 Å². The van der Waals surface area contributed by atoms with Gasteiger partial charge in [-0.3, -0.25) is 9.10 Å². The van der Waals surface area contributed by atoms with Crippen LogP contribution < -0.4 is 9.03 Å². The molecule has 1 aliphatic rings. The van der Waals surface area contributed by atoms with E-state index >= 15 is 0 Å². The molecule has 26 heavy (non-hydrogen) atoms. The highest BCUT2D eigenvalue weighted by molar-refractivity contribution is 7.93. The van der Waals surface area contributed by atoms with Gasteiger partial charge in [-0.2, -0.15) is 0 Å². The zero-order valence-electron chi connectivity index (χ0n) is 13.6. The zero-order chi connectivity index (χ0) is 19.1. The Labute approximate surface area is 156 Å². The van der Waals surface area contributed by atoms with Crippen LogP contribution in [0.25, 0.3) is 0 Å². The zero-order valence-corrected chi connectivity index (χ0v) is 16.0. The minimum Gasteiger partial charge on any atom is -0.268 e. The van der Waals surface area contributed by atoms with Crippen molar-refractivity contribution in [1.29, 1.82) is 0 Å². The highest BCUT2D eigenvalue weighted by Crippen LogP contribution is 2.35. The number of amides is 1. The maximum atomic E-state index is 13.1. The normalized spacial score (nSPS) is 14.2. The Hall–Kier alpha value is -2.10. The van der Waals surface area contributed by atoms with Crippen LogP contribution in [0.2, 0.25) is 5.02 Å². The molecule has 1 N–H and O–H groups in total. The first-order valence-electron chi connectivity index (χ1n) is 7.52. The van der Waals surface area contributed by atoms with E-state index in [2.05, 4.69) is 0 Å². The van der Waals surface area contributed by atoms with Crippen LogP contribution in [0.3, 0.4) is 0 Å². The smallest absolute Gasteiger partial charge is 0.265 e. The van der Waals surface area contributed by atoms with Gasteiger partial charge in [0.15, 0.2) is 0 Å². The molecule has 3 rings (SSSR count). The molecule has 1 aliphatic heterocycles. The summed E-state index contributed by atoms with van der Waals surface area (Å²) in [6, 6.07) is 10.7. The van der Waals surface area contributed by atoms with Crippen molar-refractivity contribution in [2.24, 2.45) is 0 Å². The lowest BCUT2D eigenvalue weighted by atomic mass is 10.2. The number of fused-ring (bicyclic) bond motifs is 1. The first kappa shape index (κ1) is 18.7. The predicted octanol–water partition coefficient (Wildman–Crippen LogP) is 1.78. The van der Waals surface area contributed by atoms with E-state index < -0.39 is 26.0 Å². The quantitative estimate of drug-likeness (QED) is 0.821. The van der Waals surface area contributed by atoms with Crippen LogP contribution in [0.4, 0.5) is 5.69 Å². The summed E-state index contributed by atoms with van der Waals surface area (Å²) in [5, 5.41) is -0.0507. The van der Waals surface area contributed by atoms with Crippen molar-refractivity contribution in [1.82, 2.24) is 4.72 Å². The van der Waals surface area contributed by atoms with E-state index in [4.69, 9.17) is 11.6 Å². The monoisotopic (exact) mass is 414 g/mol. The summed E-state index contributed by atoms with van der Waals surface area (Å²) in [5.74, 6) is -0.928. The minimum atomic E-state index is -4.01. The second-order valence-electron chi connectivity index (χ2n) is 5.80. The summed E-state index contributed by atoms with van der Waals surface area (Å²) in [4.78, 5) is 11.8. The van der Waals surface area contributed by atoms with Gasteiger partial charge in [0.05, 0.1) is 17.0 Å². The number of hydrogen-bond donors (Lipinski definition) is 1. The van der Waals surface area contributed by atoms with E-state index in [1.54, 1.807) is 16.9 Å². The lowest BCUT2D eigenvalue weighted by Crippen LogP contribution is -2.31. The number of hydrogen-bond acceptors (Lipinski definition) is 5. The van der Waals surface area contributed by atoms with Gasteiger partial charge >= 0.3 is 0 Å². The number of sulfonamides is 2. The number of nitrogens with one attached hydrogen (secondary N) is 1. The third kappa shape index (κ3) is 3.55. The molecule has 0 fully saturated rings. The summed E-state index contributed by atoms with van der Waals surface area (Å²) in [6.45, 7) is 0.262. The third-order valence-electron chi connectivity index (χ3n) is 3.88. The summed E-state index contributed by atoms with van der Waals surface area (Å²) in [7, 11) is -7.79. The van der Waals surface area contributed by atoms with E-state index in [-0.39, 0.29) is 22.0 Å². The Balaban J connectivity index is 2.04. The van der Waals surface area contributed by atoms with Gasteiger partial charge in [-0.25, -0.2) is 21.6 Å². The molecule has 138 valence electrons. The van der Waals surface area contributed by atoms with Crippen LogP contribution in [-0.4, -0.2) is 35.5 Å². The highest BCUT2D eigenvalue weighted by atomic mass is 35.5. The highest BCUT2D eigenvalue weighted by Gasteiger charge is 2.32. The maximum absolute atomic E-state index is 13.1. The molecule has 1 amide bonds. The number of para-hydroxylation sites is 1. The van der Waals surface area contributed by atoms with Crippen LogP contribution >= 0.6 is 11.6 Å². The van der Waals surface area contributed by atoms with Gasteiger partial charge in [-0.1, -0.05) is 29.8 Å². The predicted molar refractivity (Wildman–Crippen MR) is 98.4 cm³/mol. The molecule has 10 heteroatoms. The summed E-state index contributed by atoms with van der Waals surface area (Å²) < 4.78 is 51.6. The molecule has 0 unspecified atom stereocenters. The molecule has 0 atom stereocenters. The Morgan fingerprint density at radius 3 is 2.50 bits per heavy atom. The van der Waals surface area contributed by atoms with E-state index in [1.807, 2.05) is 12.1 Å². The molecule has 1 heterocycles. The number of benzene rings is 2. The minimum absolute atomic E-state index is 0.0507. The summed E-state index contributed by atoms with van der Waals surface area (Å²) >= 11 is 6.07. The van der Waals surface area contributed by atoms with Gasteiger partial charge in [0.1, 0.15) is 4.90 Å². The van der Waals surface area contributed by atoms with Crippen LogP contribution in [0.1, 0.15) is 15.9 Å². The molecule has 0 aromatic heterocycles. The fourth-order valence-corrected chi connectivity index (χ4v) is 5.21. The number of nitrogens with zero attached hydrogens (tertiary/aromatic N) is 1. The van der Waals surface area contributed by atoms with Gasteiger partial charge in [-0.15, -0.1) is 0 Å². The van der Waals surface area contributed by atoms with Crippen molar-refractivity contribution in [2.75, 3.05) is 17.1 Å². The van der Waals surface area contributed by atoms with E-state index in [9.17, 15) is 21.6 Å². The molecule has 2 aromatic carbocycles. The van der Waals surface area contributed by atoms with Crippen molar-refractivity contribution >= 4 is 43.2 Å². The van der Waals surface area contributed by atoms with Gasteiger partial charge in [-0.05, 0) is 36.2 Å². The average molecular weight is 415 g/mol. The van der Waals surface area contributed by atoms with Gasteiger partial charge in [0, 0.05) is 12.1 Å². The Morgan fingerprint density at radius 2 is 1.81 bits per heavy atom. The first-order valence-corrected chi connectivity index (χ1v) is 11.2. The first-order chi connectivity index (χ1) is 12.1. The second-order valence-corrected chi connectivity index (χ2v) is 9.79. The molecule has 2 aromatic rings. The van der Waals surface area contributed by atoms with Gasteiger partial charge in [0.25, 0.3) is 15.9 Å².